The van der Waals surface area contributed by atoms with Crippen molar-refractivity contribution < 1.29 is 28.8 Å². The SMILES string of the molecule is COc1ccc(C(=O)NCC(=O)O[C@H](C)C(=O)NCC2CCCCC2)cc1[N+](=O)[O-]. The van der Waals surface area contributed by atoms with E-state index in [2.05, 4.69) is 10.6 Å². The van der Waals surface area contributed by atoms with Gasteiger partial charge in [0, 0.05) is 18.2 Å². The number of ether oxygens (including phenoxy) is 2. The number of benzene rings is 1. The number of nitro benzene ring substituents is 1. The van der Waals surface area contributed by atoms with Crippen molar-refractivity contribution in [3.8, 4) is 5.75 Å². The first kappa shape index (κ1) is 23.1. The van der Waals surface area contributed by atoms with E-state index in [0.717, 1.165) is 18.9 Å². The van der Waals surface area contributed by atoms with Crippen molar-refractivity contribution in [2.45, 2.75) is 45.1 Å². The number of nitro groups is 1. The van der Waals surface area contributed by atoms with Gasteiger partial charge in [0.2, 0.25) is 0 Å². The molecule has 0 bridgehead atoms. The first-order chi connectivity index (χ1) is 14.3. The van der Waals surface area contributed by atoms with Gasteiger partial charge < -0.3 is 20.1 Å². The van der Waals surface area contributed by atoms with Crippen LogP contribution in [0.1, 0.15) is 49.4 Å². The second-order valence-corrected chi connectivity index (χ2v) is 7.21. The number of amides is 2. The summed E-state index contributed by atoms with van der Waals surface area (Å²) < 4.78 is 9.92. The molecule has 1 aliphatic carbocycles. The molecule has 1 fully saturated rings. The molecule has 0 heterocycles. The highest BCUT2D eigenvalue weighted by Gasteiger charge is 2.22. The zero-order valence-corrected chi connectivity index (χ0v) is 17.1. The van der Waals surface area contributed by atoms with Crippen LogP contribution in [0.3, 0.4) is 0 Å². The summed E-state index contributed by atoms with van der Waals surface area (Å²) in [5, 5.41) is 16.2. The summed E-state index contributed by atoms with van der Waals surface area (Å²) in [6, 6.07) is 3.69. The Morgan fingerprint density at radius 1 is 1.20 bits per heavy atom. The van der Waals surface area contributed by atoms with Crippen LogP contribution in [0.2, 0.25) is 0 Å². The Bertz CT molecular complexity index is 791. The first-order valence-corrected chi connectivity index (χ1v) is 9.89. The highest BCUT2D eigenvalue weighted by atomic mass is 16.6. The lowest BCUT2D eigenvalue weighted by Gasteiger charge is -2.22. The summed E-state index contributed by atoms with van der Waals surface area (Å²) in [5.41, 5.74) is -0.371. The lowest BCUT2D eigenvalue weighted by atomic mass is 9.89. The molecule has 1 aromatic carbocycles. The number of nitrogens with one attached hydrogen (secondary N) is 2. The van der Waals surface area contributed by atoms with E-state index in [1.165, 1.54) is 45.4 Å². The van der Waals surface area contributed by atoms with Gasteiger partial charge in [-0.3, -0.25) is 24.5 Å². The molecule has 1 aliphatic rings. The van der Waals surface area contributed by atoms with Gasteiger partial charge in [-0.05, 0) is 37.8 Å². The minimum Gasteiger partial charge on any atom is -0.490 e. The fourth-order valence-electron chi connectivity index (χ4n) is 3.30. The Balaban J connectivity index is 1.79. The second-order valence-electron chi connectivity index (χ2n) is 7.21. The summed E-state index contributed by atoms with van der Waals surface area (Å²) in [7, 11) is 1.28. The lowest BCUT2D eigenvalue weighted by molar-refractivity contribution is -0.385. The molecule has 10 nitrogen and oxygen atoms in total. The molecule has 2 rings (SSSR count). The quantitative estimate of drug-likeness (QED) is 0.353. The number of hydrogen-bond donors (Lipinski definition) is 2. The predicted molar refractivity (Wildman–Crippen MR) is 107 cm³/mol. The highest BCUT2D eigenvalue weighted by molar-refractivity contribution is 5.97. The molecule has 30 heavy (non-hydrogen) atoms. The maximum Gasteiger partial charge on any atom is 0.326 e. The zero-order valence-electron chi connectivity index (χ0n) is 17.1. The summed E-state index contributed by atoms with van der Waals surface area (Å²) in [5.74, 6) is -1.38. The van der Waals surface area contributed by atoms with Crippen molar-refractivity contribution in [2.24, 2.45) is 5.92 Å². The molecule has 1 atom stereocenters. The molecule has 0 aromatic heterocycles. The molecule has 10 heteroatoms. The van der Waals surface area contributed by atoms with Gasteiger partial charge in [0.05, 0.1) is 12.0 Å². The molecule has 164 valence electrons. The number of methoxy groups -OCH3 is 1. The van der Waals surface area contributed by atoms with Gasteiger partial charge in [-0.15, -0.1) is 0 Å². The minimum absolute atomic E-state index is 0.00595. The Labute approximate surface area is 174 Å². The van der Waals surface area contributed by atoms with E-state index in [1.807, 2.05) is 0 Å². The van der Waals surface area contributed by atoms with E-state index in [-0.39, 0.29) is 22.9 Å². The van der Waals surface area contributed by atoms with E-state index in [1.54, 1.807) is 0 Å². The van der Waals surface area contributed by atoms with Crippen molar-refractivity contribution in [3.05, 3.63) is 33.9 Å². The number of esters is 1. The van der Waals surface area contributed by atoms with Crippen LogP contribution in [0, 0.1) is 16.0 Å². The summed E-state index contributed by atoms with van der Waals surface area (Å²) in [6.45, 7) is 1.55. The minimum atomic E-state index is -0.986. The topological polar surface area (TPSA) is 137 Å². The molecule has 1 aromatic rings. The molecular formula is C20H27N3O7. The van der Waals surface area contributed by atoms with E-state index < -0.39 is 29.4 Å². The number of rotatable bonds is 9. The predicted octanol–water partition coefficient (Wildman–Crippen LogP) is 1.96. The average Bonchev–Trinajstić information content (AvgIpc) is 2.75. The first-order valence-electron chi connectivity index (χ1n) is 9.89. The lowest BCUT2D eigenvalue weighted by Crippen LogP contribution is -2.40. The number of carbonyl (C=O) groups excluding carboxylic acids is 3. The standard InChI is InChI=1S/C20H27N3O7/c1-13(19(25)21-11-14-6-4-3-5-7-14)30-18(24)12-22-20(26)15-8-9-17(29-2)16(10-15)23(27)28/h8-10,13-14H,3-7,11-12H2,1-2H3,(H,21,25)(H,22,26)/t13-/m1/s1. The van der Waals surface area contributed by atoms with Crippen LogP contribution < -0.4 is 15.4 Å². The van der Waals surface area contributed by atoms with Crippen LogP contribution >= 0.6 is 0 Å². The van der Waals surface area contributed by atoms with E-state index in [4.69, 9.17) is 9.47 Å². The third kappa shape index (κ3) is 6.71. The van der Waals surface area contributed by atoms with E-state index >= 15 is 0 Å². The van der Waals surface area contributed by atoms with Crippen molar-refractivity contribution >= 4 is 23.5 Å². The van der Waals surface area contributed by atoms with Gasteiger partial charge in [0.15, 0.2) is 11.9 Å². The van der Waals surface area contributed by atoms with E-state index in [0.29, 0.717) is 12.5 Å². The van der Waals surface area contributed by atoms with Crippen LogP contribution in [0.4, 0.5) is 5.69 Å². The van der Waals surface area contributed by atoms with Crippen LogP contribution in [0.15, 0.2) is 18.2 Å². The Kier molecular flexibility index (Phi) is 8.57. The third-order valence-electron chi connectivity index (χ3n) is 5.00. The average molecular weight is 421 g/mol. The van der Waals surface area contributed by atoms with Crippen molar-refractivity contribution in [1.82, 2.24) is 10.6 Å². The second kappa shape index (κ2) is 11.1. The fraction of sp³-hybridized carbons (Fsp3) is 0.550. The third-order valence-corrected chi connectivity index (χ3v) is 5.00. The van der Waals surface area contributed by atoms with Crippen LogP contribution in [0.25, 0.3) is 0 Å². The van der Waals surface area contributed by atoms with Crippen LogP contribution in [-0.4, -0.2) is 49.0 Å². The van der Waals surface area contributed by atoms with Gasteiger partial charge in [-0.1, -0.05) is 19.3 Å². The van der Waals surface area contributed by atoms with Crippen molar-refractivity contribution in [2.75, 3.05) is 20.2 Å². The maximum atomic E-state index is 12.2. The monoisotopic (exact) mass is 421 g/mol. The molecule has 2 N–H and O–H groups in total. The number of nitrogens with zero attached hydrogens (tertiary/aromatic N) is 1. The molecule has 2 amide bonds. The Morgan fingerprint density at radius 3 is 2.53 bits per heavy atom. The van der Waals surface area contributed by atoms with Crippen molar-refractivity contribution in [3.63, 3.8) is 0 Å². The Hall–Kier alpha value is -3.17. The number of carbonyl (C=O) groups is 3. The van der Waals surface area contributed by atoms with Crippen molar-refractivity contribution in [1.29, 1.82) is 0 Å². The van der Waals surface area contributed by atoms with Gasteiger partial charge in [-0.25, -0.2) is 0 Å². The zero-order chi connectivity index (χ0) is 22.1. The molecule has 1 saturated carbocycles. The summed E-state index contributed by atoms with van der Waals surface area (Å²) >= 11 is 0. The molecule has 0 radical (unpaired) electrons. The van der Waals surface area contributed by atoms with E-state index in [9.17, 15) is 24.5 Å². The highest BCUT2D eigenvalue weighted by Crippen LogP contribution is 2.27. The molecular weight excluding hydrogens is 394 g/mol. The number of hydrogen-bond acceptors (Lipinski definition) is 7. The van der Waals surface area contributed by atoms with Crippen LogP contribution in [-0.2, 0) is 14.3 Å². The summed E-state index contributed by atoms with van der Waals surface area (Å²) in [4.78, 5) is 46.6. The van der Waals surface area contributed by atoms with Gasteiger partial charge in [0.1, 0.15) is 6.54 Å². The van der Waals surface area contributed by atoms with Gasteiger partial charge in [0.25, 0.3) is 11.8 Å². The fourth-order valence-corrected chi connectivity index (χ4v) is 3.30. The smallest absolute Gasteiger partial charge is 0.326 e. The Morgan fingerprint density at radius 2 is 1.90 bits per heavy atom. The molecule has 0 aliphatic heterocycles. The molecule has 0 spiro atoms. The normalized spacial score (nSPS) is 15.0. The largest absolute Gasteiger partial charge is 0.490 e. The van der Waals surface area contributed by atoms with Crippen LogP contribution in [0.5, 0.6) is 5.75 Å². The maximum absolute atomic E-state index is 12.2. The molecule has 0 saturated heterocycles. The summed E-state index contributed by atoms with van der Waals surface area (Å²) in [6.07, 6.45) is 4.76. The van der Waals surface area contributed by atoms with Gasteiger partial charge >= 0.3 is 11.7 Å². The van der Waals surface area contributed by atoms with Gasteiger partial charge in [-0.2, -0.15) is 0 Å². The molecule has 0 unspecified atom stereocenters.